The maximum Gasteiger partial charge on any atom is 0.0540 e. The molecule has 0 saturated carbocycles. The molecule has 4 heterocycles. The van der Waals surface area contributed by atoms with Crippen molar-refractivity contribution in [3.05, 3.63) is 388 Å². The van der Waals surface area contributed by atoms with Crippen molar-refractivity contribution in [3.63, 3.8) is 0 Å². The summed E-state index contributed by atoms with van der Waals surface area (Å²) in [5.41, 5.74) is 23.0. The predicted molar refractivity (Wildman–Crippen MR) is 480 cm³/mol. The number of hydrogen-bond donors (Lipinski definition) is 0. The van der Waals surface area contributed by atoms with Crippen molar-refractivity contribution in [2.75, 3.05) is 9.80 Å². The van der Waals surface area contributed by atoms with E-state index in [1.54, 1.807) is 0 Å². The molecule has 6 heteroatoms. The van der Waals surface area contributed by atoms with Crippen LogP contribution in [-0.4, -0.2) is 0 Å². The van der Waals surface area contributed by atoms with E-state index in [1.807, 2.05) is 45.3 Å². The van der Waals surface area contributed by atoms with Gasteiger partial charge in [0.1, 0.15) is 0 Å². The Morgan fingerprint density at radius 3 is 1.14 bits per heavy atom. The molecule has 0 saturated heterocycles. The van der Waals surface area contributed by atoms with E-state index < -0.39 is 0 Å². The number of fused-ring (bicyclic) bond motifs is 14. The second-order valence-corrected chi connectivity index (χ2v) is 32.8. The largest absolute Gasteiger partial charge is 0.309 e. The quantitative estimate of drug-likeness (QED) is 0.114. The summed E-state index contributed by atoms with van der Waals surface area (Å²) in [5.74, 6) is 0. The van der Waals surface area contributed by atoms with Gasteiger partial charge in [-0.3, -0.25) is 0 Å². The zero-order chi connectivity index (χ0) is 72.3. The highest BCUT2D eigenvalue weighted by Crippen LogP contribution is 2.53. The van der Waals surface area contributed by atoms with Crippen LogP contribution in [0.5, 0.6) is 0 Å². The van der Waals surface area contributed by atoms with Gasteiger partial charge in [0.15, 0.2) is 0 Å². The lowest BCUT2D eigenvalue weighted by Crippen LogP contribution is -2.12. The minimum absolute atomic E-state index is 1.08. The summed E-state index contributed by atoms with van der Waals surface area (Å²) >= 11 is 7.48. The molecule has 0 spiro atoms. The summed E-state index contributed by atoms with van der Waals surface area (Å²) in [6.07, 6.45) is 0. The highest BCUT2D eigenvalue weighted by atomic mass is 32.1. The van der Waals surface area contributed by atoms with Gasteiger partial charge in [-0.1, -0.05) is 279 Å². The number of nitrogens with zero attached hydrogens (tertiary/aromatic N) is 2. The van der Waals surface area contributed by atoms with Crippen molar-refractivity contribution >= 4 is 182 Å². The summed E-state index contributed by atoms with van der Waals surface area (Å²) in [6.45, 7) is 0. The van der Waals surface area contributed by atoms with Crippen LogP contribution in [-0.2, 0) is 0 Å². The lowest BCUT2D eigenvalue weighted by molar-refractivity contribution is 1.29. The molecule has 0 radical (unpaired) electrons. The van der Waals surface area contributed by atoms with E-state index in [9.17, 15) is 0 Å². The molecule has 0 amide bonds. The van der Waals surface area contributed by atoms with Gasteiger partial charge < -0.3 is 9.80 Å². The van der Waals surface area contributed by atoms with E-state index >= 15 is 0 Å². The van der Waals surface area contributed by atoms with Crippen molar-refractivity contribution in [2.45, 2.75) is 0 Å². The van der Waals surface area contributed by atoms with Gasteiger partial charge in [-0.05, 0) is 186 Å². The number of para-hydroxylation sites is 4. The van der Waals surface area contributed by atoms with Crippen molar-refractivity contribution in [1.82, 2.24) is 0 Å². The van der Waals surface area contributed by atoms with E-state index in [0.717, 1.165) is 56.4 Å². The van der Waals surface area contributed by atoms with Crippen LogP contribution in [0, 0.1) is 0 Å². The third-order valence-electron chi connectivity index (χ3n) is 22.3. The number of benzene rings is 18. The highest BCUT2D eigenvalue weighted by molar-refractivity contribution is 7.27. The van der Waals surface area contributed by atoms with E-state index in [0.29, 0.717) is 0 Å². The van der Waals surface area contributed by atoms with Crippen molar-refractivity contribution in [1.29, 1.82) is 0 Å². The Morgan fingerprint density at radius 2 is 0.509 bits per heavy atom. The number of anilines is 6. The number of hydrogen-bond acceptors (Lipinski definition) is 6. The highest BCUT2D eigenvalue weighted by Gasteiger charge is 2.27. The first-order valence-electron chi connectivity index (χ1n) is 37.4. The number of thiophene rings is 4. The summed E-state index contributed by atoms with van der Waals surface area (Å²) < 4.78 is 10.3. The Morgan fingerprint density at radius 1 is 0.164 bits per heavy atom. The van der Waals surface area contributed by atoms with Crippen molar-refractivity contribution < 1.29 is 0 Å². The second-order valence-electron chi connectivity index (χ2n) is 28.5. The molecule has 0 unspecified atom stereocenters. The third-order valence-corrected chi connectivity index (χ3v) is 26.9. The Balaban J connectivity index is 0.676. The predicted octanol–water partition coefficient (Wildman–Crippen LogP) is 32.1. The van der Waals surface area contributed by atoms with Crippen LogP contribution in [0.4, 0.5) is 34.1 Å². The Hall–Kier alpha value is -13.0. The fraction of sp³-hybridized carbons (Fsp3) is 0. The molecule has 0 aliphatic rings. The molecule has 0 bridgehead atoms. The van der Waals surface area contributed by atoms with Crippen LogP contribution < -0.4 is 9.80 Å². The molecular formula is C104H64N2S4. The summed E-state index contributed by atoms with van der Waals surface area (Å²) in [6, 6.07) is 145. The maximum atomic E-state index is 2.53. The molecule has 4 aromatic heterocycles. The van der Waals surface area contributed by atoms with Gasteiger partial charge >= 0.3 is 0 Å². The Bertz CT molecular complexity index is 7470. The standard InChI is InChI=1S/C104H64N2S4/c1-2-31-74-65(24-1)25-19-40-77(74)79-32-3-10-45-91(79)105(72-29-17-26-66(61-72)68-55-58-98-89(63-68)84-37-8-14-49-95(84)107-98)94-48-13-6-35-82(94)86-43-23-53-101-103(86)90-64-69(56-59-99(90)109-101)67-54-57-75-70(60-67)28-20-41-78(75)80-33-4-11-46-92(80)106(73-30-18-27-71(62-73)76-39-21-44-87-83-36-7-15-50-96(83)110-104(76)87)93-47-12-5-34-81(93)85-42-22-52-100-102(85)88-38-9-16-51-97(88)108-100/h1-64H. The van der Waals surface area contributed by atoms with Gasteiger partial charge in [-0.15, -0.1) is 45.3 Å². The van der Waals surface area contributed by atoms with Crippen LogP contribution in [0.3, 0.4) is 0 Å². The first-order valence-corrected chi connectivity index (χ1v) is 40.7. The third kappa shape index (κ3) is 10.7. The topological polar surface area (TPSA) is 6.48 Å². The molecule has 0 aliphatic heterocycles. The monoisotopic (exact) mass is 1470 g/mol. The fourth-order valence-corrected chi connectivity index (χ4v) is 21.9. The molecule has 0 N–H and O–H groups in total. The minimum atomic E-state index is 1.08. The minimum Gasteiger partial charge on any atom is -0.309 e. The summed E-state index contributed by atoms with van der Waals surface area (Å²) in [5, 5.41) is 15.0. The van der Waals surface area contributed by atoms with E-state index in [4.69, 9.17) is 0 Å². The van der Waals surface area contributed by atoms with Gasteiger partial charge in [-0.25, -0.2) is 0 Å². The van der Waals surface area contributed by atoms with Crippen LogP contribution in [0.25, 0.3) is 180 Å². The SMILES string of the molecule is c1cc(-c2ccc3sc4ccccc4c3c2)cc(N(c2ccccc2-c2cccc3ccccc23)c2ccccc2-c2cccc3sc4ccc(-c5ccc6c(-c7ccccc7N(c7cccc(-c8cccc9c8sc8ccccc89)c7)c7ccccc7-c7cccc8sc9ccccc9c78)cccc6c5)cc4c23)c1. The van der Waals surface area contributed by atoms with Gasteiger partial charge in [0.2, 0.25) is 0 Å². The van der Waals surface area contributed by atoms with E-state index in [-0.39, 0.29) is 0 Å². The normalized spacial score (nSPS) is 11.8. The second kappa shape index (κ2) is 26.4. The van der Waals surface area contributed by atoms with Crippen LogP contribution in [0.15, 0.2) is 388 Å². The molecule has 22 aromatic rings. The Labute approximate surface area is 652 Å². The molecule has 0 aliphatic carbocycles. The van der Waals surface area contributed by atoms with Gasteiger partial charge in [0.05, 0.1) is 22.7 Å². The van der Waals surface area contributed by atoms with Gasteiger partial charge in [-0.2, -0.15) is 0 Å². The van der Waals surface area contributed by atoms with Crippen LogP contribution in [0.1, 0.15) is 0 Å². The molecule has 2 nitrogen and oxygen atoms in total. The molecule has 0 fully saturated rings. The molecule has 22 rings (SSSR count). The molecule has 514 valence electrons. The zero-order valence-corrected chi connectivity index (χ0v) is 62.7. The Kier molecular flexibility index (Phi) is 15.4. The average molecular weight is 1470 g/mol. The summed E-state index contributed by atoms with van der Waals surface area (Å²) in [4.78, 5) is 5.05. The summed E-state index contributed by atoms with van der Waals surface area (Å²) in [7, 11) is 0. The van der Waals surface area contributed by atoms with E-state index in [2.05, 4.69) is 398 Å². The lowest BCUT2D eigenvalue weighted by atomic mass is 9.92. The first-order chi connectivity index (χ1) is 54.5. The maximum absolute atomic E-state index is 2.53. The molecule has 110 heavy (non-hydrogen) atoms. The molecule has 0 atom stereocenters. The van der Waals surface area contributed by atoms with Gasteiger partial charge in [0, 0.05) is 114 Å². The fourth-order valence-electron chi connectivity index (χ4n) is 17.3. The molecular weight excluding hydrogens is 1410 g/mol. The average Bonchev–Trinajstić information content (AvgIpc) is 1.11. The lowest BCUT2D eigenvalue weighted by Gasteiger charge is -2.30. The van der Waals surface area contributed by atoms with Crippen molar-refractivity contribution in [2.24, 2.45) is 0 Å². The van der Waals surface area contributed by atoms with Crippen LogP contribution >= 0.6 is 45.3 Å². The number of rotatable bonds is 13. The molecule has 18 aromatic carbocycles. The van der Waals surface area contributed by atoms with Gasteiger partial charge in [0.25, 0.3) is 0 Å². The van der Waals surface area contributed by atoms with Crippen molar-refractivity contribution in [3.8, 4) is 77.9 Å². The van der Waals surface area contributed by atoms with Crippen LogP contribution in [0.2, 0.25) is 0 Å². The first kappa shape index (κ1) is 64.2. The zero-order valence-electron chi connectivity index (χ0n) is 59.5. The van der Waals surface area contributed by atoms with E-state index in [1.165, 1.54) is 158 Å². The smallest absolute Gasteiger partial charge is 0.0540 e.